The molecule has 1 heterocycles. The van der Waals surface area contributed by atoms with Crippen LogP contribution in [0.15, 0.2) is 48.5 Å². The minimum Gasteiger partial charge on any atom is -0.444 e. The van der Waals surface area contributed by atoms with E-state index in [0.717, 1.165) is 37.2 Å². The molecule has 2 aromatic carbocycles. The Morgan fingerprint density at radius 3 is 2.39 bits per heavy atom. The smallest absolute Gasteiger partial charge is 0.410 e. The van der Waals surface area contributed by atoms with E-state index in [9.17, 15) is 9.59 Å². The molecule has 1 atom stereocenters. The van der Waals surface area contributed by atoms with Gasteiger partial charge in [0.15, 0.2) is 0 Å². The first-order valence-electron chi connectivity index (χ1n) is 12.7. The summed E-state index contributed by atoms with van der Waals surface area (Å²) < 4.78 is 5.51. The summed E-state index contributed by atoms with van der Waals surface area (Å²) in [5.41, 5.74) is 4.24. The van der Waals surface area contributed by atoms with Gasteiger partial charge in [0.25, 0.3) is 0 Å². The number of ether oxygens (including phenoxy) is 1. The molecule has 1 aliphatic rings. The highest BCUT2D eigenvalue weighted by Gasteiger charge is 2.26. The van der Waals surface area contributed by atoms with Crippen LogP contribution in [0.4, 0.5) is 10.5 Å². The van der Waals surface area contributed by atoms with Crippen molar-refractivity contribution < 1.29 is 14.3 Å². The zero-order valence-corrected chi connectivity index (χ0v) is 21.9. The predicted octanol–water partition coefficient (Wildman–Crippen LogP) is 5.01. The summed E-state index contributed by atoms with van der Waals surface area (Å²) in [5.74, 6) is 0.177. The molecule has 2 aromatic rings. The number of aryl methyl sites for hydroxylation is 1. The average Bonchev–Trinajstić information content (AvgIpc) is 2.85. The highest BCUT2D eigenvalue weighted by Crippen LogP contribution is 2.27. The summed E-state index contributed by atoms with van der Waals surface area (Å²) in [7, 11) is 0. The van der Waals surface area contributed by atoms with E-state index in [1.807, 2.05) is 26.8 Å². The number of carbonyl (C=O) groups excluding carboxylic acids is 2. The summed E-state index contributed by atoms with van der Waals surface area (Å²) >= 11 is 0. The lowest BCUT2D eigenvalue weighted by atomic mass is 9.95. The van der Waals surface area contributed by atoms with Gasteiger partial charge in [0.2, 0.25) is 5.91 Å². The van der Waals surface area contributed by atoms with E-state index in [2.05, 4.69) is 65.7 Å². The SMILES string of the molecule is CC(CCc1cccc(-c2cccc(N3CCN(C(=O)OC(C)(C)C)CC3)c2)c1)CC(=O)NCC#N. The molecule has 7 heteroatoms. The van der Waals surface area contributed by atoms with Crippen molar-refractivity contribution in [1.29, 1.82) is 5.26 Å². The van der Waals surface area contributed by atoms with E-state index in [4.69, 9.17) is 10.00 Å². The van der Waals surface area contributed by atoms with Crippen LogP contribution in [0.25, 0.3) is 11.1 Å². The van der Waals surface area contributed by atoms with Crippen LogP contribution in [-0.2, 0) is 16.0 Å². The van der Waals surface area contributed by atoms with Crippen molar-refractivity contribution >= 4 is 17.7 Å². The van der Waals surface area contributed by atoms with Crippen LogP contribution in [-0.4, -0.2) is 55.2 Å². The van der Waals surface area contributed by atoms with Crippen molar-refractivity contribution in [2.45, 2.75) is 52.6 Å². The predicted molar refractivity (Wildman–Crippen MR) is 143 cm³/mol. The summed E-state index contributed by atoms with van der Waals surface area (Å²) in [6, 6.07) is 19.0. The second kappa shape index (κ2) is 12.4. The van der Waals surface area contributed by atoms with Crippen LogP contribution >= 0.6 is 0 Å². The number of hydrogen-bond acceptors (Lipinski definition) is 5. The van der Waals surface area contributed by atoms with Gasteiger partial charge in [-0.2, -0.15) is 5.26 Å². The van der Waals surface area contributed by atoms with E-state index in [1.54, 1.807) is 4.90 Å². The maximum atomic E-state index is 12.4. The fraction of sp³-hybridized carbons (Fsp3) is 0.483. The maximum absolute atomic E-state index is 12.4. The molecule has 7 nitrogen and oxygen atoms in total. The molecular weight excluding hydrogens is 452 g/mol. The minimum absolute atomic E-state index is 0.0616. The normalized spacial score (nSPS) is 14.6. The van der Waals surface area contributed by atoms with Crippen molar-refractivity contribution in [2.24, 2.45) is 5.92 Å². The third-order valence-corrected chi connectivity index (χ3v) is 6.23. The zero-order chi connectivity index (χ0) is 26.1. The molecule has 1 unspecified atom stereocenters. The second-order valence-electron chi connectivity index (χ2n) is 10.5. The maximum Gasteiger partial charge on any atom is 0.410 e. The number of piperazine rings is 1. The molecule has 1 aliphatic heterocycles. The first-order valence-corrected chi connectivity index (χ1v) is 12.7. The first-order chi connectivity index (χ1) is 17.1. The van der Waals surface area contributed by atoms with Crippen LogP contribution in [0.3, 0.4) is 0 Å². The Bertz CT molecular complexity index is 1080. The van der Waals surface area contributed by atoms with E-state index in [1.165, 1.54) is 11.1 Å². The van der Waals surface area contributed by atoms with Crippen molar-refractivity contribution in [1.82, 2.24) is 10.2 Å². The summed E-state index contributed by atoms with van der Waals surface area (Å²) in [6.07, 6.45) is 1.99. The Morgan fingerprint density at radius 2 is 1.72 bits per heavy atom. The molecule has 3 rings (SSSR count). The molecule has 0 aromatic heterocycles. The van der Waals surface area contributed by atoms with Gasteiger partial charge in [-0.05, 0) is 68.4 Å². The fourth-order valence-electron chi connectivity index (χ4n) is 4.30. The van der Waals surface area contributed by atoms with Gasteiger partial charge in [0.1, 0.15) is 12.1 Å². The number of nitriles is 1. The Hall–Kier alpha value is -3.53. The topological polar surface area (TPSA) is 85.7 Å². The van der Waals surface area contributed by atoms with Crippen molar-refractivity contribution in [2.75, 3.05) is 37.6 Å². The van der Waals surface area contributed by atoms with Gasteiger partial charge in [0.05, 0.1) is 6.07 Å². The molecule has 0 aliphatic carbocycles. The Labute approximate surface area is 215 Å². The lowest BCUT2D eigenvalue weighted by Crippen LogP contribution is -2.50. The Morgan fingerprint density at radius 1 is 1.06 bits per heavy atom. The summed E-state index contributed by atoms with van der Waals surface area (Å²) in [5, 5.41) is 11.2. The van der Waals surface area contributed by atoms with Gasteiger partial charge < -0.3 is 19.9 Å². The number of amides is 2. The number of hydrogen-bond donors (Lipinski definition) is 1. The molecule has 2 amide bonds. The zero-order valence-electron chi connectivity index (χ0n) is 21.9. The first kappa shape index (κ1) is 27.1. The molecule has 0 spiro atoms. The highest BCUT2D eigenvalue weighted by molar-refractivity contribution is 5.76. The van der Waals surface area contributed by atoms with Crippen LogP contribution < -0.4 is 10.2 Å². The molecule has 36 heavy (non-hydrogen) atoms. The second-order valence-corrected chi connectivity index (χ2v) is 10.5. The Balaban J connectivity index is 1.58. The van der Waals surface area contributed by atoms with Crippen LogP contribution in [0, 0.1) is 17.2 Å². The Kier molecular flexibility index (Phi) is 9.35. The van der Waals surface area contributed by atoms with Crippen LogP contribution in [0.2, 0.25) is 0 Å². The van der Waals surface area contributed by atoms with Crippen LogP contribution in [0.1, 0.15) is 46.1 Å². The molecule has 0 bridgehead atoms. The van der Waals surface area contributed by atoms with Crippen molar-refractivity contribution in [3.05, 3.63) is 54.1 Å². The molecule has 1 N–H and O–H groups in total. The minimum atomic E-state index is -0.484. The van der Waals surface area contributed by atoms with Gasteiger partial charge in [-0.1, -0.05) is 43.3 Å². The lowest BCUT2D eigenvalue weighted by molar-refractivity contribution is -0.121. The number of nitrogens with zero attached hydrogens (tertiary/aromatic N) is 3. The van der Waals surface area contributed by atoms with E-state index < -0.39 is 5.60 Å². The van der Waals surface area contributed by atoms with Gasteiger partial charge in [-0.3, -0.25) is 4.79 Å². The highest BCUT2D eigenvalue weighted by atomic mass is 16.6. The van der Waals surface area contributed by atoms with Crippen molar-refractivity contribution in [3.8, 4) is 17.2 Å². The molecule has 1 fully saturated rings. The molecule has 0 saturated carbocycles. The number of rotatable bonds is 8. The third-order valence-electron chi connectivity index (χ3n) is 6.23. The van der Waals surface area contributed by atoms with Crippen LogP contribution in [0.5, 0.6) is 0 Å². The van der Waals surface area contributed by atoms with Gasteiger partial charge >= 0.3 is 6.09 Å². The number of benzene rings is 2. The number of nitrogens with one attached hydrogen (secondary N) is 1. The molecule has 1 saturated heterocycles. The van der Waals surface area contributed by atoms with E-state index in [-0.39, 0.29) is 24.5 Å². The molecule has 0 radical (unpaired) electrons. The quantitative estimate of drug-likeness (QED) is 0.526. The third kappa shape index (κ3) is 8.30. The van der Waals surface area contributed by atoms with Crippen molar-refractivity contribution in [3.63, 3.8) is 0 Å². The lowest BCUT2D eigenvalue weighted by Gasteiger charge is -2.36. The molecular formula is C29H38N4O3. The largest absolute Gasteiger partial charge is 0.444 e. The van der Waals surface area contributed by atoms with Gasteiger partial charge in [-0.15, -0.1) is 0 Å². The summed E-state index contributed by atoms with van der Waals surface area (Å²) in [4.78, 5) is 28.3. The standard InChI is InChI=1S/C29H38N4O3/c1-22(19-27(34)31-14-13-30)11-12-23-7-5-8-24(20-23)25-9-6-10-26(21-25)32-15-17-33(18-16-32)28(35)36-29(2,3)4/h5-10,20-22H,11-12,14-19H2,1-4H3,(H,31,34). The number of anilines is 1. The molecule has 192 valence electrons. The number of carbonyl (C=O) groups is 2. The monoisotopic (exact) mass is 490 g/mol. The van der Waals surface area contributed by atoms with E-state index >= 15 is 0 Å². The fourth-order valence-corrected chi connectivity index (χ4v) is 4.30. The average molecular weight is 491 g/mol. The van der Waals surface area contributed by atoms with Gasteiger partial charge in [0, 0.05) is 38.3 Å². The summed E-state index contributed by atoms with van der Waals surface area (Å²) in [6.45, 7) is 10.6. The van der Waals surface area contributed by atoms with Gasteiger partial charge in [-0.25, -0.2) is 4.79 Å². The van der Waals surface area contributed by atoms with E-state index in [0.29, 0.717) is 19.5 Å².